The topological polar surface area (TPSA) is 32.8 Å². The number of nitrogens with zero attached hydrogens (tertiary/aromatic N) is 2. The van der Waals surface area contributed by atoms with Gasteiger partial charge in [-0.15, -0.1) is 0 Å². The predicted molar refractivity (Wildman–Crippen MR) is 111 cm³/mol. The summed E-state index contributed by atoms with van der Waals surface area (Å²) in [6.45, 7) is 3.73. The average Bonchev–Trinajstić information content (AvgIpc) is 3.07. The van der Waals surface area contributed by atoms with Crippen LogP contribution in [0, 0.1) is 6.92 Å². The Morgan fingerprint density at radius 1 is 0.964 bits per heavy atom. The molecule has 3 aromatic rings. The number of aryl methyl sites for hydroxylation is 1. The van der Waals surface area contributed by atoms with Crippen molar-refractivity contribution in [2.75, 3.05) is 23.0 Å². The number of anilines is 2. The predicted octanol–water partition coefficient (Wildman–Crippen LogP) is 4.48. The highest BCUT2D eigenvalue weighted by molar-refractivity contribution is 5.99. The maximum absolute atomic E-state index is 12.9. The molecule has 3 aromatic carbocycles. The molecule has 1 unspecified atom stereocenters. The Morgan fingerprint density at radius 3 is 2.61 bits per heavy atom. The lowest BCUT2D eigenvalue weighted by Gasteiger charge is -2.34. The molecule has 2 heterocycles. The molecule has 0 fully saturated rings. The Labute approximate surface area is 165 Å². The molecule has 0 N–H and O–H groups in total. The second-order valence-electron chi connectivity index (χ2n) is 7.46. The second kappa shape index (κ2) is 6.71. The number of para-hydroxylation sites is 1. The lowest BCUT2D eigenvalue weighted by Crippen LogP contribution is -2.43. The third kappa shape index (κ3) is 2.82. The van der Waals surface area contributed by atoms with E-state index in [1.807, 2.05) is 36.1 Å². The van der Waals surface area contributed by atoms with Gasteiger partial charge in [0.25, 0.3) is 5.91 Å². The van der Waals surface area contributed by atoms with Crippen LogP contribution >= 0.6 is 0 Å². The molecule has 0 spiro atoms. The summed E-state index contributed by atoms with van der Waals surface area (Å²) < 4.78 is 5.71. The first-order chi connectivity index (χ1) is 13.7. The molecular formula is C24H22N2O2. The molecule has 1 amide bonds. The maximum atomic E-state index is 12.9. The molecule has 2 aliphatic heterocycles. The van der Waals surface area contributed by atoms with E-state index >= 15 is 0 Å². The minimum Gasteiger partial charge on any atom is -0.482 e. The van der Waals surface area contributed by atoms with Crippen molar-refractivity contribution in [2.45, 2.75) is 19.5 Å². The van der Waals surface area contributed by atoms with Crippen molar-refractivity contribution in [3.05, 3.63) is 89.5 Å². The van der Waals surface area contributed by atoms with Crippen LogP contribution in [-0.4, -0.2) is 19.1 Å². The Kier molecular flexibility index (Phi) is 4.05. The van der Waals surface area contributed by atoms with E-state index in [0.717, 1.165) is 30.1 Å². The minimum atomic E-state index is -0.0160. The standard InChI is InChI=1S/C24H22N2O2/c1-17-11-12-21-23(13-17)28-16-24(27)26(21)22-15-25(14-18-7-3-2-4-8-18)20-10-6-5-9-19(20)22/h2-13,22H,14-16H2,1H3. The fraction of sp³-hybridized carbons (Fsp3) is 0.208. The van der Waals surface area contributed by atoms with Crippen molar-refractivity contribution in [1.82, 2.24) is 0 Å². The number of rotatable bonds is 3. The first kappa shape index (κ1) is 16.9. The van der Waals surface area contributed by atoms with E-state index in [1.54, 1.807) is 0 Å². The zero-order valence-corrected chi connectivity index (χ0v) is 15.8. The number of hydrogen-bond donors (Lipinski definition) is 0. The normalized spacial score (nSPS) is 17.9. The largest absolute Gasteiger partial charge is 0.482 e. The molecule has 140 valence electrons. The van der Waals surface area contributed by atoms with Crippen molar-refractivity contribution >= 4 is 17.3 Å². The molecule has 28 heavy (non-hydrogen) atoms. The smallest absolute Gasteiger partial charge is 0.265 e. The quantitative estimate of drug-likeness (QED) is 0.681. The van der Waals surface area contributed by atoms with E-state index in [0.29, 0.717) is 0 Å². The molecule has 0 aromatic heterocycles. The second-order valence-corrected chi connectivity index (χ2v) is 7.46. The molecular weight excluding hydrogens is 348 g/mol. The van der Waals surface area contributed by atoms with Gasteiger partial charge in [-0.05, 0) is 36.2 Å². The van der Waals surface area contributed by atoms with Crippen LogP contribution in [-0.2, 0) is 11.3 Å². The number of carbonyl (C=O) groups is 1. The van der Waals surface area contributed by atoms with E-state index < -0.39 is 0 Å². The average molecular weight is 370 g/mol. The summed E-state index contributed by atoms with van der Waals surface area (Å²) >= 11 is 0. The number of hydrogen-bond acceptors (Lipinski definition) is 3. The first-order valence-electron chi connectivity index (χ1n) is 9.64. The Bertz CT molecular complexity index is 1030. The maximum Gasteiger partial charge on any atom is 0.265 e. The van der Waals surface area contributed by atoms with Crippen molar-refractivity contribution in [3.63, 3.8) is 0 Å². The SMILES string of the molecule is Cc1ccc2c(c1)OCC(=O)N2C1CN(Cc2ccccc2)c2ccccc21. The van der Waals surface area contributed by atoms with Crippen molar-refractivity contribution < 1.29 is 9.53 Å². The van der Waals surface area contributed by atoms with Crippen LogP contribution in [0.3, 0.4) is 0 Å². The lowest BCUT2D eigenvalue weighted by atomic mass is 10.0. The van der Waals surface area contributed by atoms with Gasteiger partial charge in [0, 0.05) is 24.3 Å². The Morgan fingerprint density at radius 2 is 1.75 bits per heavy atom. The fourth-order valence-corrected chi connectivity index (χ4v) is 4.26. The Hall–Kier alpha value is -3.27. The Balaban J connectivity index is 1.54. The third-order valence-electron chi connectivity index (χ3n) is 5.55. The van der Waals surface area contributed by atoms with Crippen LogP contribution in [0.5, 0.6) is 5.75 Å². The minimum absolute atomic E-state index is 0.0118. The number of ether oxygens (including phenoxy) is 1. The van der Waals surface area contributed by atoms with Gasteiger partial charge >= 0.3 is 0 Å². The fourth-order valence-electron chi connectivity index (χ4n) is 4.26. The summed E-state index contributed by atoms with van der Waals surface area (Å²) in [4.78, 5) is 17.2. The third-order valence-corrected chi connectivity index (χ3v) is 5.55. The lowest BCUT2D eigenvalue weighted by molar-refractivity contribution is -0.121. The molecule has 1 atom stereocenters. The van der Waals surface area contributed by atoms with Gasteiger partial charge in [-0.3, -0.25) is 9.69 Å². The van der Waals surface area contributed by atoms with Crippen LogP contribution in [0.4, 0.5) is 11.4 Å². The highest BCUT2D eigenvalue weighted by Crippen LogP contribution is 2.44. The molecule has 2 aliphatic rings. The molecule has 0 saturated carbocycles. The highest BCUT2D eigenvalue weighted by atomic mass is 16.5. The first-order valence-corrected chi connectivity index (χ1v) is 9.64. The van der Waals surface area contributed by atoms with Crippen LogP contribution in [0.1, 0.15) is 22.7 Å². The van der Waals surface area contributed by atoms with Crippen molar-refractivity contribution in [2.24, 2.45) is 0 Å². The summed E-state index contributed by atoms with van der Waals surface area (Å²) in [5, 5.41) is 0. The van der Waals surface area contributed by atoms with Crippen LogP contribution in [0.25, 0.3) is 0 Å². The van der Waals surface area contributed by atoms with Gasteiger partial charge in [-0.1, -0.05) is 54.6 Å². The van der Waals surface area contributed by atoms with Crippen LogP contribution in [0.15, 0.2) is 72.8 Å². The van der Waals surface area contributed by atoms with Gasteiger partial charge in [0.2, 0.25) is 0 Å². The molecule has 4 nitrogen and oxygen atoms in total. The molecule has 0 bridgehead atoms. The summed E-state index contributed by atoms with van der Waals surface area (Å²) in [7, 11) is 0. The van der Waals surface area contributed by atoms with E-state index in [4.69, 9.17) is 4.74 Å². The molecule has 5 rings (SSSR count). The monoisotopic (exact) mass is 370 g/mol. The van der Waals surface area contributed by atoms with Gasteiger partial charge in [0.15, 0.2) is 6.61 Å². The van der Waals surface area contributed by atoms with Crippen LogP contribution < -0.4 is 14.5 Å². The van der Waals surface area contributed by atoms with E-state index in [2.05, 4.69) is 53.4 Å². The van der Waals surface area contributed by atoms with Crippen molar-refractivity contribution in [1.29, 1.82) is 0 Å². The van der Waals surface area contributed by atoms with E-state index in [1.165, 1.54) is 16.8 Å². The van der Waals surface area contributed by atoms with Crippen LogP contribution in [0.2, 0.25) is 0 Å². The summed E-state index contributed by atoms with van der Waals surface area (Å²) in [6.07, 6.45) is 0. The van der Waals surface area contributed by atoms with Gasteiger partial charge in [0.1, 0.15) is 5.75 Å². The summed E-state index contributed by atoms with van der Waals surface area (Å²) in [6, 6.07) is 24.9. The van der Waals surface area contributed by atoms with Crippen molar-refractivity contribution in [3.8, 4) is 5.75 Å². The summed E-state index contributed by atoms with van der Waals surface area (Å²) in [5.74, 6) is 0.802. The van der Waals surface area contributed by atoms with Gasteiger partial charge < -0.3 is 9.64 Å². The molecule has 0 aliphatic carbocycles. The number of carbonyl (C=O) groups excluding carboxylic acids is 1. The zero-order chi connectivity index (χ0) is 19.1. The number of benzene rings is 3. The zero-order valence-electron chi connectivity index (χ0n) is 15.8. The molecule has 0 radical (unpaired) electrons. The van der Waals surface area contributed by atoms with Gasteiger partial charge in [-0.25, -0.2) is 0 Å². The van der Waals surface area contributed by atoms with E-state index in [9.17, 15) is 4.79 Å². The van der Waals surface area contributed by atoms with Gasteiger partial charge in [-0.2, -0.15) is 0 Å². The van der Waals surface area contributed by atoms with E-state index in [-0.39, 0.29) is 18.6 Å². The highest BCUT2D eigenvalue weighted by Gasteiger charge is 2.38. The number of fused-ring (bicyclic) bond motifs is 2. The molecule has 0 saturated heterocycles. The van der Waals surface area contributed by atoms with Gasteiger partial charge in [0.05, 0.1) is 11.7 Å². The molecule has 4 heteroatoms. The number of amides is 1. The summed E-state index contributed by atoms with van der Waals surface area (Å²) in [5.41, 5.74) is 5.65.